The molecule has 0 aliphatic rings. The van der Waals surface area contributed by atoms with Crippen molar-refractivity contribution in [2.75, 3.05) is 26.4 Å². The fraction of sp³-hybridized carbons (Fsp3) is 0.278. The van der Waals surface area contributed by atoms with Crippen LogP contribution in [0.2, 0.25) is 0 Å². The third kappa shape index (κ3) is 5.89. The highest BCUT2D eigenvalue weighted by Crippen LogP contribution is 2.13. The van der Waals surface area contributed by atoms with E-state index in [2.05, 4.69) is 5.32 Å². The zero-order valence-electron chi connectivity index (χ0n) is 13.2. The van der Waals surface area contributed by atoms with Gasteiger partial charge in [-0.25, -0.2) is 4.39 Å². The minimum atomic E-state index is -0.292. The molecule has 24 heavy (non-hydrogen) atoms. The standard InChI is InChI=1S/C18H20FNO4/c19-15-4-8-17(9-5-15)24-13-1-12-23-16-6-2-14(3-7-16)18(22)20-10-11-21/h2-9,21H,1,10-13H2,(H,20,22). The Hall–Kier alpha value is -2.60. The van der Waals surface area contributed by atoms with Crippen molar-refractivity contribution in [2.45, 2.75) is 6.42 Å². The van der Waals surface area contributed by atoms with Gasteiger partial charge in [0.25, 0.3) is 5.91 Å². The summed E-state index contributed by atoms with van der Waals surface area (Å²) >= 11 is 0. The van der Waals surface area contributed by atoms with Crippen LogP contribution in [-0.2, 0) is 0 Å². The molecule has 2 aromatic rings. The third-order valence-corrected chi connectivity index (χ3v) is 3.15. The molecule has 2 rings (SSSR count). The predicted octanol–water partition coefficient (Wildman–Crippen LogP) is 2.40. The van der Waals surface area contributed by atoms with Crippen molar-refractivity contribution in [2.24, 2.45) is 0 Å². The average Bonchev–Trinajstić information content (AvgIpc) is 2.61. The minimum Gasteiger partial charge on any atom is -0.493 e. The van der Waals surface area contributed by atoms with Gasteiger partial charge in [-0.1, -0.05) is 0 Å². The predicted molar refractivity (Wildman–Crippen MR) is 87.9 cm³/mol. The summed E-state index contributed by atoms with van der Waals surface area (Å²) in [6, 6.07) is 12.6. The van der Waals surface area contributed by atoms with Gasteiger partial charge in [0.15, 0.2) is 0 Å². The molecule has 0 aliphatic carbocycles. The first-order chi connectivity index (χ1) is 11.7. The van der Waals surface area contributed by atoms with Crippen LogP contribution in [0.3, 0.4) is 0 Å². The summed E-state index contributed by atoms with van der Waals surface area (Å²) in [6.07, 6.45) is 0.677. The number of rotatable bonds is 9. The molecule has 0 aromatic heterocycles. The number of nitrogens with one attached hydrogen (secondary N) is 1. The van der Waals surface area contributed by atoms with Gasteiger partial charge < -0.3 is 19.9 Å². The number of aliphatic hydroxyl groups excluding tert-OH is 1. The van der Waals surface area contributed by atoms with Crippen LogP contribution in [0, 0.1) is 5.82 Å². The quantitative estimate of drug-likeness (QED) is 0.692. The number of carbonyl (C=O) groups is 1. The molecule has 0 heterocycles. The second-order valence-electron chi connectivity index (χ2n) is 5.01. The van der Waals surface area contributed by atoms with Crippen LogP contribution < -0.4 is 14.8 Å². The number of halogens is 1. The van der Waals surface area contributed by atoms with E-state index in [0.717, 1.165) is 0 Å². The lowest BCUT2D eigenvalue weighted by molar-refractivity contribution is 0.0944. The summed E-state index contributed by atoms with van der Waals surface area (Å²) in [5.74, 6) is 0.757. The monoisotopic (exact) mass is 333 g/mol. The summed E-state index contributed by atoms with van der Waals surface area (Å²) in [6.45, 7) is 1.07. The Morgan fingerprint density at radius 3 is 2.04 bits per heavy atom. The van der Waals surface area contributed by atoms with E-state index in [1.807, 2.05) is 0 Å². The first-order valence-corrected chi connectivity index (χ1v) is 7.69. The molecule has 2 N–H and O–H groups in total. The van der Waals surface area contributed by atoms with Crippen LogP contribution >= 0.6 is 0 Å². The molecule has 0 fully saturated rings. The van der Waals surface area contributed by atoms with Crippen LogP contribution in [0.1, 0.15) is 16.8 Å². The lowest BCUT2D eigenvalue weighted by Crippen LogP contribution is -2.26. The minimum absolute atomic E-state index is 0.0903. The second kappa shape index (κ2) is 9.52. The van der Waals surface area contributed by atoms with E-state index in [-0.39, 0.29) is 24.9 Å². The molecule has 2 aromatic carbocycles. The molecule has 0 saturated carbocycles. The number of ether oxygens (including phenoxy) is 2. The molecule has 1 amide bonds. The number of amides is 1. The van der Waals surface area contributed by atoms with Gasteiger partial charge in [-0.05, 0) is 48.5 Å². The van der Waals surface area contributed by atoms with Crippen molar-refractivity contribution in [3.63, 3.8) is 0 Å². The maximum Gasteiger partial charge on any atom is 0.251 e. The van der Waals surface area contributed by atoms with Gasteiger partial charge in [-0.2, -0.15) is 0 Å². The molecule has 0 bridgehead atoms. The van der Waals surface area contributed by atoms with Crippen molar-refractivity contribution >= 4 is 5.91 Å². The van der Waals surface area contributed by atoms with Crippen molar-refractivity contribution < 1.29 is 23.8 Å². The molecular formula is C18H20FNO4. The Balaban J connectivity index is 1.67. The number of aliphatic hydroxyl groups is 1. The Labute approximate surface area is 140 Å². The van der Waals surface area contributed by atoms with E-state index >= 15 is 0 Å². The molecule has 0 aliphatic heterocycles. The molecule has 0 unspecified atom stereocenters. The first kappa shape index (κ1) is 17.7. The van der Waals surface area contributed by atoms with Crippen LogP contribution in [0.4, 0.5) is 4.39 Å². The Morgan fingerprint density at radius 2 is 1.50 bits per heavy atom. The highest BCUT2D eigenvalue weighted by molar-refractivity contribution is 5.94. The fourth-order valence-electron chi connectivity index (χ4n) is 1.94. The third-order valence-electron chi connectivity index (χ3n) is 3.15. The van der Waals surface area contributed by atoms with E-state index < -0.39 is 0 Å². The summed E-state index contributed by atoms with van der Waals surface area (Å²) < 4.78 is 23.8. The molecule has 6 heteroatoms. The second-order valence-corrected chi connectivity index (χ2v) is 5.01. The normalized spacial score (nSPS) is 10.2. The van der Waals surface area contributed by atoms with Crippen LogP contribution in [0.15, 0.2) is 48.5 Å². The van der Waals surface area contributed by atoms with E-state index in [9.17, 15) is 9.18 Å². The highest BCUT2D eigenvalue weighted by Gasteiger charge is 2.04. The van der Waals surface area contributed by atoms with Crippen molar-refractivity contribution in [3.05, 3.63) is 59.9 Å². The zero-order valence-corrected chi connectivity index (χ0v) is 13.2. The topological polar surface area (TPSA) is 67.8 Å². The van der Waals surface area contributed by atoms with Gasteiger partial charge in [0.05, 0.1) is 19.8 Å². The number of hydrogen-bond acceptors (Lipinski definition) is 4. The molecule has 0 saturated heterocycles. The number of benzene rings is 2. The maximum atomic E-state index is 12.7. The molecule has 0 radical (unpaired) electrons. The Kier molecular flexibility index (Phi) is 7.04. The number of hydrogen-bond donors (Lipinski definition) is 2. The highest BCUT2D eigenvalue weighted by atomic mass is 19.1. The summed E-state index contributed by atoms with van der Waals surface area (Å²) in [7, 11) is 0. The average molecular weight is 333 g/mol. The SMILES string of the molecule is O=C(NCCO)c1ccc(OCCCOc2ccc(F)cc2)cc1. The van der Waals surface area contributed by atoms with Crippen LogP contribution in [0.5, 0.6) is 11.5 Å². The van der Waals surface area contributed by atoms with Crippen molar-refractivity contribution in [3.8, 4) is 11.5 Å². The lowest BCUT2D eigenvalue weighted by Gasteiger charge is -2.09. The van der Waals surface area contributed by atoms with Gasteiger partial charge >= 0.3 is 0 Å². The zero-order chi connectivity index (χ0) is 17.2. The van der Waals surface area contributed by atoms with Crippen LogP contribution in [0.25, 0.3) is 0 Å². The van der Waals surface area contributed by atoms with E-state index in [4.69, 9.17) is 14.6 Å². The summed E-state index contributed by atoms with van der Waals surface area (Å²) in [5.41, 5.74) is 0.510. The molecule has 128 valence electrons. The molecule has 5 nitrogen and oxygen atoms in total. The van der Waals surface area contributed by atoms with Gasteiger partial charge in [0.1, 0.15) is 17.3 Å². The van der Waals surface area contributed by atoms with Gasteiger partial charge in [0, 0.05) is 18.5 Å². The molecular weight excluding hydrogens is 313 g/mol. The van der Waals surface area contributed by atoms with Crippen molar-refractivity contribution in [1.82, 2.24) is 5.32 Å². The molecule has 0 spiro atoms. The number of carbonyl (C=O) groups excluding carboxylic acids is 1. The van der Waals surface area contributed by atoms with E-state index in [1.54, 1.807) is 36.4 Å². The van der Waals surface area contributed by atoms with Gasteiger partial charge in [-0.3, -0.25) is 4.79 Å². The van der Waals surface area contributed by atoms with E-state index in [0.29, 0.717) is 36.7 Å². The smallest absolute Gasteiger partial charge is 0.251 e. The molecule has 0 atom stereocenters. The van der Waals surface area contributed by atoms with Gasteiger partial charge in [-0.15, -0.1) is 0 Å². The van der Waals surface area contributed by atoms with Gasteiger partial charge in [0.2, 0.25) is 0 Å². The van der Waals surface area contributed by atoms with Crippen LogP contribution in [-0.4, -0.2) is 37.4 Å². The maximum absolute atomic E-state index is 12.7. The largest absolute Gasteiger partial charge is 0.493 e. The Morgan fingerprint density at radius 1 is 0.958 bits per heavy atom. The van der Waals surface area contributed by atoms with E-state index in [1.165, 1.54) is 12.1 Å². The van der Waals surface area contributed by atoms with Crippen molar-refractivity contribution in [1.29, 1.82) is 0 Å². The summed E-state index contributed by atoms with van der Waals surface area (Å²) in [5, 5.41) is 11.2. The Bertz CT molecular complexity index is 628. The first-order valence-electron chi connectivity index (χ1n) is 7.69. The summed E-state index contributed by atoms with van der Waals surface area (Å²) in [4.78, 5) is 11.7. The fourth-order valence-corrected chi connectivity index (χ4v) is 1.94. The lowest BCUT2D eigenvalue weighted by atomic mass is 10.2.